The van der Waals surface area contributed by atoms with Gasteiger partial charge in [-0.2, -0.15) is 0 Å². The number of rotatable bonds is 9. The molecule has 1 heterocycles. The van der Waals surface area contributed by atoms with Gasteiger partial charge in [0, 0.05) is 30.5 Å². The first-order valence-corrected chi connectivity index (χ1v) is 12.9. The Kier molecular flexibility index (Phi) is 8.35. The molecule has 39 heavy (non-hydrogen) atoms. The molecule has 0 aromatic heterocycles. The zero-order chi connectivity index (χ0) is 28.3. The quantitative estimate of drug-likeness (QED) is 0.203. The van der Waals surface area contributed by atoms with Crippen molar-refractivity contribution in [3.05, 3.63) is 82.4 Å². The van der Waals surface area contributed by atoms with Gasteiger partial charge in [0.05, 0.1) is 43.5 Å². The number of hydrogen-bond acceptors (Lipinski definition) is 7. The van der Waals surface area contributed by atoms with E-state index in [1.165, 1.54) is 38.4 Å². The fourth-order valence-electron chi connectivity index (χ4n) is 4.83. The number of benzene rings is 3. The number of aliphatic hydroxyl groups excluding tert-OH is 1. The van der Waals surface area contributed by atoms with Crippen LogP contribution in [0.3, 0.4) is 0 Å². The summed E-state index contributed by atoms with van der Waals surface area (Å²) in [5.74, 6) is -0.962. The third-order valence-electron chi connectivity index (χ3n) is 6.84. The van der Waals surface area contributed by atoms with E-state index in [0.717, 1.165) is 18.8 Å². The summed E-state index contributed by atoms with van der Waals surface area (Å²) < 4.78 is 16.2. The van der Waals surface area contributed by atoms with Crippen molar-refractivity contribution in [3.63, 3.8) is 0 Å². The summed E-state index contributed by atoms with van der Waals surface area (Å²) in [6.45, 7) is 5.80. The van der Waals surface area contributed by atoms with Crippen molar-refractivity contribution in [3.8, 4) is 17.2 Å². The predicted molar refractivity (Wildman–Crippen MR) is 152 cm³/mol. The lowest BCUT2D eigenvalue weighted by molar-refractivity contribution is -0.132. The van der Waals surface area contributed by atoms with Gasteiger partial charge in [-0.05, 0) is 61.9 Å². The van der Waals surface area contributed by atoms with E-state index < -0.39 is 23.5 Å². The SMILES string of the molecule is CCN(CC)c1ccc(N2C(=O)C(=O)/C(=C(/O)c3cc(OC)c(Cl)cc3OC)C2c2cccc(OC)c2)cc1. The summed E-state index contributed by atoms with van der Waals surface area (Å²) in [5, 5.41) is 11.9. The van der Waals surface area contributed by atoms with Crippen LogP contribution in [-0.4, -0.2) is 51.2 Å². The molecule has 1 fully saturated rings. The Balaban J connectivity index is 1.95. The zero-order valence-electron chi connectivity index (χ0n) is 22.5. The molecular formula is C30H31ClN2O6. The second-order valence-electron chi connectivity index (χ2n) is 8.82. The van der Waals surface area contributed by atoms with Crippen LogP contribution in [0.15, 0.2) is 66.2 Å². The third kappa shape index (κ3) is 5.12. The second-order valence-corrected chi connectivity index (χ2v) is 9.23. The lowest BCUT2D eigenvalue weighted by Gasteiger charge is -2.27. The van der Waals surface area contributed by atoms with Gasteiger partial charge < -0.3 is 24.2 Å². The molecule has 1 N–H and O–H groups in total. The predicted octanol–water partition coefficient (Wildman–Crippen LogP) is 5.84. The second kappa shape index (κ2) is 11.7. The van der Waals surface area contributed by atoms with E-state index in [9.17, 15) is 14.7 Å². The standard InChI is InChI=1S/C30H31ClN2O6/c1-6-32(7-2)19-11-13-20(14-12-19)33-27(18-9-8-10-21(15-18)37-3)26(29(35)30(33)36)28(34)22-16-25(39-5)23(31)17-24(22)38-4/h8-17,27,34H,6-7H2,1-5H3/b28-26+. The molecule has 204 valence electrons. The highest BCUT2D eigenvalue weighted by molar-refractivity contribution is 6.51. The largest absolute Gasteiger partial charge is 0.507 e. The number of nitrogens with zero attached hydrogens (tertiary/aromatic N) is 2. The van der Waals surface area contributed by atoms with Crippen LogP contribution in [0.4, 0.5) is 11.4 Å². The molecule has 0 bridgehead atoms. The van der Waals surface area contributed by atoms with E-state index in [2.05, 4.69) is 18.7 Å². The van der Waals surface area contributed by atoms with Crippen LogP contribution >= 0.6 is 11.6 Å². The Morgan fingerprint density at radius 1 is 0.923 bits per heavy atom. The number of halogens is 1. The monoisotopic (exact) mass is 550 g/mol. The van der Waals surface area contributed by atoms with Crippen molar-refractivity contribution in [1.29, 1.82) is 0 Å². The maximum atomic E-state index is 13.6. The maximum Gasteiger partial charge on any atom is 0.300 e. The molecule has 0 saturated carbocycles. The van der Waals surface area contributed by atoms with Gasteiger partial charge in [0.2, 0.25) is 0 Å². The van der Waals surface area contributed by atoms with Gasteiger partial charge in [-0.3, -0.25) is 14.5 Å². The minimum Gasteiger partial charge on any atom is -0.507 e. The molecule has 1 unspecified atom stereocenters. The maximum absolute atomic E-state index is 13.6. The van der Waals surface area contributed by atoms with E-state index in [0.29, 0.717) is 17.0 Å². The van der Waals surface area contributed by atoms with Crippen LogP contribution in [0.2, 0.25) is 5.02 Å². The molecule has 9 heteroatoms. The van der Waals surface area contributed by atoms with Crippen LogP contribution in [0.25, 0.3) is 5.76 Å². The number of carbonyl (C=O) groups is 2. The number of hydrogen-bond donors (Lipinski definition) is 1. The average molecular weight is 551 g/mol. The van der Waals surface area contributed by atoms with Gasteiger partial charge >= 0.3 is 0 Å². The zero-order valence-corrected chi connectivity index (χ0v) is 23.3. The van der Waals surface area contributed by atoms with E-state index in [1.54, 1.807) is 36.4 Å². The third-order valence-corrected chi connectivity index (χ3v) is 7.13. The summed E-state index contributed by atoms with van der Waals surface area (Å²) in [6.07, 6.45) is 0. The highest BCUT2D eigenvalue weighted by Crippen LogP contribution is 2.45. The van der Waals surface area contributed by atoms with Crippen LogP contribution < -0.4 is 24.0 Å². The van der Waals surface area contributed by atoms with Gasteiger partial charge in [0.15, 0.2) is 0 Å². The highest BCUT2D eigenvalue weighted by Gasteiger charge is 2.47. The molecule has 1 amide bonds. The fourth-order valence-corrected chi connectivity index (χ4v) is 5.06. The van der Waals surface area contributed by atoms with Crippen LogP contribution in [0.5, 0.6) is 17.2 Å². The molecule has 0 aliphatic carbocycles. The minimum absolute atomic E-state index is 0.0938. The van der Waals surface area contributed by atoms with Crippen molar-refractivity contribution in [2.24, 2.45) is 0 Å². The Labute approximate surface area is 233 Å². The fraction of sp³-hybridized carbons (Fsp3) is 0.267. The van der Waals surface area contributed by atoms with E-state index in [-0.39, 0.29) is 27.7 Å². The topological polar surface area (TPSA) is 88.5 Å². The molecular weight excluding hydrogens is 520 g/mol. The Morgan fingerprint density at radius 2 is 1.59 bits per heavy atom. The summed E-state index contributed by atoms with van der Waals surface area (Å²) in [7, 11) is 4.39. The lowest BCUT2D eigenvalue weighted by atomic mass is 9.94. The Hall–Kier alpha value is -4.17. The molecule has 3 aromatic carbocycles. The van der Waals surface area contributed by atoms with E-state index in [1.807, 2.05) is 12.1 Å². The summed E-state index contributed by atoms with van der Waals surface area (Å²) in [5.41, 5.74) is 2.17. The van der Waals surface area contributed by atoms with E-state index >= 15 is 0 Å². The molecule has 4 rings (SSSR count). The molecule has 8 nitrogen and oxygen atoms in total. The van der Waals surface area contributed by atoms with Crippen LogP contribution in [0, 0.1) is 0 Å². The number of Topliss-reactive ketones (excluding diaryl/α,β-unsaturated/α-hetero) is 1. The number of methoxy groups -OCH3 is 3. The first-order chi connectivity index (χ1) is 18.8. The van der Waals surface area contributed by atoms with Crippen molar-refractivity contribution < 1.29 is 28.9 Å². The van der Waals surface area contributed by atoms with Crippen molar-refractivity contribution >= 4 is 40.4 Å². The van der Waals surface area contributed by atoms with Crippen LogP contribution in [0.1, 0.15) is 31.0 Å². The number of ketones is 1. The Morgan fingerprint density at radius 3 is 2.18 bits per heavy atom. The summed E-state index contributed by atoms with van der Waals surface area (Å²) in [6, 6.07) is 16.5. The molecule has 1 aliphatic rings. The molecule has 0 radical (unpaired) electrons. The van der Waals surface area contributed by atoms with Crippen LogP contribution in [-0.2, 0) is 9.59 Å². The normalized spacial score (nSPS) is 16.4. The molecule has 3 aromatic rings. The molecule has 1 saturated heterocycles. The first-order valence-electron chi connectivity index (χ1n) is 12.5. The molecule has 1 aliphatic heterocycles. The summed E-state index contributed by atoms with van der Waals surface area (Å²) in [4.78, 5) is 30.7. The van der Waals surface area contributed by atoms with Gasteiger partial charge in [0.25, 0.3) is 11.7 Å². The smallest absolute Gasteiger partial charge is 0.300 e. The molecule has 1 atom stereocenters. The number of ether oxygens (including phenoxy) is 3. The van der Waals surface area contributed by atoms with E-state index in [4.69, 9.17) is 25.8 Å². The highest BCUT2D eigenvalue weighted by atomic mass is 35.5. The molecule has 0 spiro atoms. The number of aliphatic hydroxyl groups is 1. The van der Waals surface area contributed by atoms with Gasteiger partial charge in [-0.25, -0.2) is 0 Å². The van der Waals surface area contributed by atoms with Crippen molar-refractivity contribution in [1.82, 2.24) is 0 Å². The van der Waals surface area contributed by atoms with Gasteiger partial charge in [0.1, 0.15) is 23.0 Å². The van der Waals surface area contributed by atoms with Crippen molar-refractivity contribution in [2.75, 3.05) is 44.2 Å². The van der Waals surface area contributed by atoms with Gasteiger partial charge in [-0.1, -0.05) is 23.7 Å². The lowest BCUT2D eigenvalue weighted by Crippen LogP contribution is -2.29. The average Bonchev–Trinajstić information content (AvgIpc) is 3.23. The minimum atomic E-state index is -0.939. The summed E-state index contributed by atoms with van der Waals surface area (Å²) >= 11 is 6.26. The first kappa shape index (κ1) is 27.9. The van der Waals surface area contributed by atoms with Crippen molar-refractivity contribution in [2.45, 2.75) is 19.9 Å². The number of amides is 1. The number of anilines is 2. The number of carbonyl (C=O) groups excluding carboxylic acids is 2. The Bertz CT molecular complexity index is 1420. The van der Waals surface area contributed by atoms with Gasteiger partial charge in [-0.15, -0.1) is 0 Å².